The zero-order valence-corrected chi connectivity index (χ0v) is 16.5. The van der Waals surface area contributed by atoms with Crippen molar-refractivity contribution in [3.8, 4) is 0 Å². The average Bonchev–Trinajstić information content (AvgIpc) is 2.87. The van der Waals surface area contributed by atoms with Gasteiger partial charge in [-0.05, 0) is 36.6 Å². The van der Waals surface area contributed by atoms with Crippen molar-refractivity contribution < 1.29 is 14.4 Å². The van der Waals surface area contributed by atoms with Crippen molar-refractivity contribution in [1.82, 2.24) is 15.5 Å². The van der Waals surface area contributed by atoms with Crippen LogP contribution in [0.15, 0.2) is 59.1 Å². The molecule has 2 aromatic carbocycles. The SMILES string of the molecule is C[C@@]1(c2cccc(Br)c2)NC(=O)N(CC(=O)NCCc2ccccc2)C1=O. The molecule has 2 aromatic rings. The first-order valence-electron chi connectivity index (χ1n) is 8.61. The third-order valence-electron chi connectivity index (χ3n) is 4.56. The molecule has 0 aliphatic carbocycles. The number of urea groups is 1. The molecule has 27 heavy (non-hydrogen) atoms. The molecule has 3 rings (SSSR count). The maximum Gasteiger partial charge on any atom is 0.325 e. The van der Waals surface area contributed by atoms with E-state index >= 15 is 0 Å². The topological polar surface area (TPSA) is 78.5 Å². The molecule has 1 saturated heterocycles. The molecule has 0 bridgehead atoms. The van der Waals surface area contributed by atoms with E-state index in [0.29, 0.717) is 18.5 Å². The molecule has 1 aliphatic rings. The Morgan fingerprint density at radius 2 is 1.89 bits per heavy atom. The molecule has 0 unspecified atom stereocenters. The predicted molar refractivity (Wildman–Crippen MR) is 105 cm³/mol. The summed E-state index contributed by atoms with van der Waals surface area (Å²) in [6, 6.07) is 16.4. The number of rotatable bonds is 6. The first kappa shape index (κ1) is 19.1. The van der Waals surface area contributed by atoms with Crippen LogP contribution in [0.5, 0.6) is 0 Å². The van der Waals surface area contributed by atoms with Crippen LogP contribution in [0, 0.1) is 0 Å². The second-order valence-corrected chi connectivity index (χ2v) is 7.46. The van der Waals surface area contributed by atoms with Crippen molar-refractivity contribution in [3.05, 3.63) is 70.2 Å². The number of hydrogen-bond donors (Lipinski definition) is 2. The minimum Gasteiger partial charge on any atom is -0.354 e. The Labute approximate surface area is 166 Å². The fraction of sp³-hybridized carbons (Fsp3) is 0.250. The van der Waals surface area contributed by atoms with Crippen molar-refractivity contribution >= 4 is 33.8 Å². The van der Waals surface area contributed by atoms with Gasteiger partial charge in [0.25, 0.3) is 5.91 Å². The lowest BCUT2D eigenvalue weighted by Gasteiger charge is -2.22. The number of carbonyl (C=O) groups excluding carboxylic acids is 3. The maximum absolute atomic E-state index is 12.8. The summed E-state index contributed by atoms with van der Waals surface area (Å²) in [7, 11) is 0. The van der Waals surface area contributed by atoms with E-state index in [1.54, 1.807) is 25.1 Å². The lowest BCUT2D eigenvalue weighted by atomic mass is 9.92. The van der Waals surface area contributed by atoms with E-state index in [4.69, 9.17) is 0 Å². The lowest BCUT2D eigenvalue weighted by molar-refractivity contribution is -0.134. The molecule has 4 amide bonds. The molecule has 1 atom stereocenters. The van der Waals surface area contributed by atoms with Gasteiger partial charge in [-0.2, -0.15) is 0 Å². The Balaban J connectivity index is 1.61. The van der Waals surface area contributed by atoms with Gasteiger partial charge in [-0.3, -0.25) is 14.5 Å². The molecule has 0 saturated carbocycles. The van der Waals surface area contributed by atoms with Crippen LogP contribution in [0.25, 0.3) is 0 Å². The van der Waals surface area contributed by atoms with Gasteiger partial charge in [0.1, 0.15) is 12.1 Å². The van der Waals surface area contributed by atoms with E-state index in [-0.39, 0.29) is 12.5 Å². The maximum atomic E-state index is 12.8. The van der Waals surface area contributed by atoms with Crippen molar-refractivity contribution in [1.29, 1.82) is 0 Å². The Morgan fingerprint density at radius 1 is 1.15 bits per heavy atom. The first-order valence-corrected chi connectivity index (χ1v) is 9.40. The van der Waals surface area contributed by atoms with Crippen LogP contribution >= 0.6 is 15.9 Å². The number of imide groups is 1. The average molecular weight is 430 g/mol. The van der Waals surface area contributed by atoms with Gasteiger partial charge in [-0.15, -0.1) is 0 Å². The molecular formula is C20H20BrN3O3. The van der Waals surface area contributed by atoms with Gasteiger partial charge in [0.15, 0.2) is 0 Å². The molecule has 7 heteroatoms. The Kier molecular flexibility index (Phi) is 5.60. The van der Waals surface area contributed by atoms with E-state index in [1.807, 2.05) is 36.4 Å². The Morgan fingerprint density at radius 3 is 2.59 bits per heavy atom. The van der Waals surface area contributed by atoms with Gasteiger partial charge < -0.3 is 10.6 Å². The molecule has 1 fully saturated rings. The molecule has 1 aliphatic heterocycles. The fourth-order valence-corrected chi connectivity index (χ4v) is 3.43. The summed E-state index contributed by atoms with van der Waals surface area (Å²) < 4.78 is 0.806. The van der Waals surface area contributed by atoms with Crippen molar-refractivity contribution in [3.63, 3.8) is 0 Å². The lowest BCUT2D eigenvalue weighted by Crippen LogP contribution is -2.43. The van der Waals surface area contributed by atoms with Crippen LogP contribution in [-0.4, -0.2) is 35.8 Å². The van der Waals surface area contributed by atoms with Gasteiger partial charge in [0.2, 0.25) is 5.91 Å². The van der Waals surface area contributed by atoms with Crippen molar-refractivity contribution in [2.24, 2.45) is 0 Å². The minimum absolute atomic E-state index is 0.303. The molecule has 0 aromatic heterocycles. The van der Waals surface area contributed by atoms with Gasteiger partial charge in [0, 0.05) is 11.0 Å². The number of nitrogens with zero attached hydrogens (tertiary/aromatic N) is 1. The minimum atomic E-state index is -1.19. The van der Waals surface area contributed by atoms with Gasteiger partial charge in [-0.25, -0.2) is 4.79 Å². The zero-order valence-electron chi connectivity index (χ0n) is 14.9. The summed E-state index contributed by atoms with van der Waals surface area (Å²) in [5, 5.41) is 5.45. The number of amides is 4. The summed E-state index contributed by atoms with van der Waals surface area (Å²) in [6.45, 7) is 1.78. The number of hydrogen-bond acceptors (Lipinski definition) is 3. The van der Waals surface area contributed by atoms with Crippen LogP contribution in [0.1, 0.15) is 18.1 Å². The molecular weight excluding hydrogens is 410 g/mol. The third kappa shape index (κ3) is 4.19. The number of carbonyl (C=O) groups is 3. The second kappa shape index (κ2) is 7.92. The highest BCUT2D eigenvalue weighted by atomic mass is 79.9. The van der Waals surface area contributed by atoms with Gasteiger partial charge >= 0.3 is 6.03 Å². The summed E-state index contributed by atoms with van der Waals surface area (Å²) in [5.41, 5.74) is 0.572. The Hall–Kier alpha value is -2.67. The van der Waals surface area contributed by atoms with E-state index in [0.717, 1.165) is 14.9 Å². The molecule has 0 spiro atoms. The zero-order chi connectivity index (χ0) is 19.4. The van der Waals surface area contributed by atoms with Gasteiger partial charge in [-0.1, -0.05) is 58.4 Å². The molecule has 6 nitrogen and oxygen atoms in total. The monoisotopic (exact) mass is 429 g/mol. The summed E-state index contributed by atoms with van der Waals surface area (Å²) >= 11 is 3.37. The molecule has 140 valence electrons. The van der Waals surface area contributed by atoms with Crippen LogP contribution in [0.3, 0.4) is 0 Å². The summed E-state index contributed by atoms with van der Waals surface area (Å²) in [4.78, 5) is 38.3. The summed E-state index contributed by atoms with van der Waals surface area (Å²) in [5.74, 6) is -0.809. The van der Waals surface area contributed by atoms with E-state index in [9.17, 15) is 14.4 Å². The normalized spacial score (nSPS) is 19.1. The highest BCUT2D eigenvalue weighted by Gasteiger charge is 2.49. The van der Waals surface area contributed by atoms with Crippen molar-refractivity contribution in [2.75, 3.05) is 13.1 Å². The second-order valence-electron chi connectivity index (χ2n) is 6.54. The van der Waals surface area contributed by atoms with Crippen LogP contribution in [0.4, 0.5) is 4.79 Å². The quantitative estimate of drug-likeness (QED) is 0.692. The highest BCUT2D eigenvalue weighted by molar-refractivity contribution is 9.10. The van der Waals surface area contributed by atoms with Crippen LogP contribution in [0.2, 0.25) is 0 Å². The smallest absolute Gasteiger partial charge is 0.325 e. The third-order valence-corrected chi connectivity index (χ3v) is 5.05. The number of nitrogens with one attached hydrogen (secondary N) is 2. The van der Waals surface area contributed by atoms with Crippen LogP contribution in [-0.2, 0) is 21.5 Å². The first-order chi connectivity index (χ1) is 12.9. The summed E-state index contributed by atoms with van der Waals surface area (Å²) in [6.07, 6.45) is 0.683. The Bertz CT molecular complexity index is 872. The van der Waals surface area contributed by atoms with E-state index in [1.165, 1.54) is 0 Å². The fourth-order valence-electron chi connectivity index (χ4n) is 3.03. The van der Waals surface area contributed by atoms with Crippen LogP contribution < -0.4 is 10.6 Å². The highest BCUT2D eigenvalue weighted by Crippen LogP contribution is 2.30. The van der Waals surface area contributed by atoms with E-state index in [2.05, 4.69) is 26.6 Å². The largest absolute Gasteiger partial charge is 0.354 e. The molecule has 2 N–H and O–H groups in total. The van der Waals surface area contributed by atoms with Gasteiger partial charge in [0.05, 0.1) is 0 Å². The molecule has 1 heterocycles. The molecule has 0 radical (unpaired) electrons. The number of halogens is 1. The standard InChI is InChI=1S/C20H20BrN3O3/c1-20(15-8-5-9-16(21)12-15)18(26)24(19(27)23-20)13-17(25)22-11-10-14-6-3-2-4-7-14/h2-9,12H,10-11,13H2,1H3,(H,22,25)(H,23,27)/t20-/m0/s1. The number of benzene rings is 2. The van der Waals surface area contributed by atoms with Crippen molar-refractivity contribution in [2.45, 2.75) is 18.9 Å². The predicted octanol–water partition coefficient (Wildman–Crippen LogP) is 2.58. The van der Waals surface area contributed by atoms with E-state index < -0.39 is 17.5 Å².